The van der Waals surface area contributed by atoms with Crippen molar-refractivity contribution in [1.82, 2.24) is 9.35 Å². The molecule has 2 heterocycles. The SMILES string of the molecule is N[C@H]1CCN(c2c(F)cc3c(=O)n(N)c(=O)n(Nc4ccc(F)cc4F)c3c2Cl)C1. The lowest BCUT2D eigenvalue weighted by atomic mass is 10.2. The molecule has 30 heavy (non-hydrogen) atoms. The number of hydrogen-bond acceptors (Lipinski definition) is 6. The van der Waals surface area contributed by atoms with Crippen molar-refractivity contribution in [3.05, 3.63) is 67.6 Å². The number of benzene rings is 2. The van der Waals surface area contributed by atoms with Crippen LogP contribution in [0.5, 0.6) is 0 Å². The highest BCUT2D eigenvalue weighted by Gasteiger charge is 2.28. The number of halogens is 4. The molecule has 0 aliphatic carbocycles. The molecule has 1 aliphatic rings. The lowest BCUT2D eigenvalue weighted by molar-refractivity contribution is 0.583. The van der Waals surface area contributed by atoms with Crippen LogP contribution in [0.4, 0.5) is 24.5 Å². The summed E-state index contributed by atoms with van der Waals surface area (Å²) in [7, 11) is 0. The normalized spacial score (nSPS) is 16.4. The van der Waals surface area contributed by atoms with Gasteiger partial charge >= 0.3 is 5.69 Å². The summed E-state index contributed by atoms with van der Waals surface area (Å²) in [5.41, 5.74) is 5.72. The Morgan fingerprint density at radius 1 is 1.13 bits per heavy atom. The van der Waals surface area contributed by atoms with Gasteiger partial charge in [-0.25, -0.2) is 22.6 Å². The van der Waals surface area contributed by atoms with Crippen LogP contribution in [0.2, 0.25) is 5.02 Å². The Kier molecular flexibility index (Phi) is 4.86. The molecular weight excluding hydrogens is 425 g/mol. The summed E-state index contributed by atoms with van der Waals surface area (Å²) in [5, 5.41) is -0.550. The minimum atomic E-state index is -1.09. The van der Waals surface area contributed by atoms with Crippen LogP contribution < -0.4 is 33.2 Å². The number of nitrogens with one attached hydrogen (secondary N) is 1. The zero-order valence-electron chi connectivity index (χ0n) is 15.3. The Labute approximate surface area is 172 Å². The maximum atomic E-state index is 14.9. The van der Waals surface area contributed by atoms with Gasteiger partial charge in [0.25, 0.3) is 5.56 Å². The van der Waals surface area contributed by atoms with Crippen LogP contribution >= 0.6 is 11.6 Å². The lowest BCUT2D eigenvalue weighted by Crippen LogP contribution is -2.46. The third kappa shape index (κ3) is 3.15. The molecule has 1 aliphatic heterocycles. The molecule has 4 rings (SSSR count). The molecule has 12 heteroatoms. The summed E-state index contributed by atoms with van der Waals surface area (Å²) in [6.45, 7) is 0.738. The molecule has 0 spiro atoms. The van der Waals surface area contributed by atoms with E-state index in [4.69, 9.17) is 23.2 Å². The van der Waals surface area contributed by atoms with Gasteiger partial charge in [-0.15, -0.1) is 0 Å². The summed E-state index contributed by atoms with van der Waals surface area (Å²) >= 11 is 6.44. The van der Waals surface area contributed by atoms with Crippen molar-refractivity contribution in [2.24, 2.45) is 5.73 Å². The fourth-order valence-corrected chi connectivity index (χ4v) is 3.88. The van der Waals surface area contributed by atoms with Crippen molar-refractivity contribution in [2.45, 2.75) is 12.5 Å². The molecule has 1 atom stereocenters. The lowest BCUT2D eigenvalue weighted by Gasteiger charge is -2.23. The minimum absolute atomic E-state index is 0.0409. The average molecular weight is 441 g/mol. The second-order valence-electron chi connectivity index (χ2n) is 6.94. The highest BCUT2D eigenvalue weighted by Crippen LogP contribution is 2.36. The van der Waals surface area contributed by atoms with Gasteiger partial charge in [-0.3, -0.25) is 10.2 Å². The molecule has 158 valence electrons. The predicted molar refractivity (Wildman–Crippen MR) is 108 cm³/mol. The number of nitrogen functional groups attached to an aromatic ring is 1. The molecule has 0 radical (unpaired) electrons. The summed E-state index contributed by atoms with van der Waals surface area (Å²) in [6, 6.07) is 3.33. The Balaban J connectivity index is 2.01. The standard InChI is InChI=1S/C18H16ClF3N6O2/c19-14-15-10(6-12(22)16(14)26-4-3-9(23)7-26)17(29)27(24)18(30)28(15)25-13-2-1-8(20)5-11(13)21/h1-2,5-6,9,25H,3-4,7,23-24H2/t9-/m0/s1. The second-order valence-corrected chi connectivity index (χ2v) is 7.32. The molecule has 1 fully saturated rings. The van der Waals surface area contributed by atoms with E-state index in [0.29, 0.717) is 30.3 Å². The molecule has 1 saturated heterocycles. The monoisotopic (exact) mass is 440 g/mol. The Hall–Kier alpha value is -3.18. The van der Waals surface area contributed by atoms with Crippen LogP contribution in [0.15, 0.2) is 33.9 Å². The van der Waals surface area contributed by atoms with Crippen molar-refractivity contribution in [2.75, 3.05) is 29.3 Å². The van der Waals surface area contributed by atoms with Gasteiger partial charge in [-0.2, -0.15) is 4.68 Å². The van der Waals surface area contributed by atoms with E-state index in [1.165, 1.54) is 0 Å². The zero-order chi connectivity index (χ0) is 21.7. The number of fused-ring (bicyclic) bond motifs is 1. The van der Waals surface area contributed by atoms with E-state index in [0.717, 1.165) is 18.2 Å². The number of anilines is 2. The quantitative estimate of drug-likeness (QED) is 0.530. The smallest absolute Gasteiger partial charge is 0.366 e. The Bertz CT molecular complexity index is 1290. The van der Waals surface area contributed by atoms with E-state index in [9.17, 15) is 22.8 Å². The average Bonchev–Trinajstić information content (AvgIpc) is 3.11. The maximum Gasteiger partial charge on any atom is 0.369 e. The number of nitrogens with two attached hydrogens (primary N) is 2. The largest absolute Gasteiger partial charge is 0.369 e. The molecule has 5 N–H and O–H groups in total. The van der Waals surface area contributed by atoms with Gasteiger partial charge in [0.2, 0.25) is 0 Å². The van der Waals surface area contributed by atoms with Gasteiger partial charge in [0, 0.05) is 25.2 Å². The molecule has 0 saturated carbocycles. The van der Waals surface area contributed by atoms with E-state index >= 15 is 0 Å². The summed E-state index contributed by atoms with van der Waals surface area (Å²) < 4.78 is 43.2. The highest BCUT2D eigenvalue weighted by molar-refractivity contribution is 6.38. The van der Waals surface area contributed by atoms with Gasteiger partial charge in [-0.05, 0) is 24.6 Å². The number of rotatable bonds is 3. The van der Waals surface area contributed by atoms with Gasteiger partial charge < -0.3 is 16.5 Å². The van der Waals surface area contributed by atoms with Crippen LogP contribution in [0.1, 0.15) is 6.42 Å². The maximum absolute atomic E-state index is 14.9. The van der Waals surface area contributed by atoms with Gasteiger partial charge in [0.1, 0.15) is 17.2 Å². The number of nitrogens with zero attached hydrogens (tertiary/aromatic N) is 3. The van der Waals surface area contributed by atoms with Gasteiger partial charge in [0.15, 0.2) is 5.82 Å². The van der Waals surface area contributed by atoms with Crippen LogP contribution in [0.3, 0.4) is 0 Å². The molecule has 2 aromatic carbocycles. The van der Waals surface area contributed by atoms with E-state index in [2.05, 4.69) is 5.43 Å². The van der Waals surface area contributed by atoms with Crippen LogP contribution in [0.25, 0.3) is 10.9 Å². The van der Waals surface area contributed by atoms with Crippen molar-refractivity contribution in [1.29, 1.82) is 0 Å². The van der Waals surface area contributed by atoms with E-state index in [1.54, 1.807) is 4.90 Å². The molecule has 0 bridgehead atoms. The van der Waals surface area contributed by atoms with E-state index in [1.807, 2.05) is 0 Å². The molecule has 0 unspecified atom stereocenters. The second kappa shape index (κ2) is 7.26. The van der Waals surface area contributed by atoms with Crippen molar-refractivity contribution in [3.8, 4) is 0 Å². The van der Waals surface area contributed by atoms with Crippen LogP contribution in [0, 0.1) is 17.5 Å². The van der Waals surface area contributed by atoms with Crippen LogP contribution in [-0.4, -0.2) is 28.5 Å². The van der Waals surface area contributed by atoms with Crippen molar-refractivity contribution >= 4 is 33.9 Å². The highest BCUT2D eigenvalue weighted by atomic mass is 35.5. The molecule has 1 aromatic heterocycles. The third-order valence-corrected chi connectivity index (χ3v) is 5.30. The molecule has 3 aromatic rings. The fraction of sp³-hybridized carbons (Fsp3) is 0.222. The first kappa shape index (κ1) is 20.1. The third-order valence-electron chi connectivity index (χ3n) is 4.94. The summed E-state index contributed by atoms with van der Waals surface area (Å²) in [5.74, 6) is 2.90. The first-order valence-corrected chi connectivity index (χ1v) is 9.24. The topological polar surface area (TPSA) is 111 Å². The number of aromatic nitrogens is 2. The molecule has 8 nitrogen and oxygen atoms in total. The van der Waals surface area contributed by atoms with Crippen LogP contribution in [-0.2, 0) is 0 Å². The van der Waals surface area contributed by atoms with Crippen molar-refractivity contribution in [3.63, 3.8) is 0 Å². The first-order valence-electron chi connectivity index (χ1n) is 8.86. The van der Waals surface area contributed by atoms with E-state index < -0.39 is 28.7 Å². The van der Waals surface area contributed by atoms with Gasteiger partial charge in [0.05, 0.1) is 21.8 Å². The Morgan fingerprint density at radius 2 is 1.87 bits per heavy atom. The van der Waals surface area contributed by atoms with Gasteiger partial charge in [-0.1, -0.05) is 11.6 Å². The molecular formula is C18H16ClF3N6O2. The van der Waals surface area contributed by atoms with E-state index in [-0.39, 0.29) is 38.0 Å². The minimum Gasteiger partial charge on any atom is -0.366 e. The fourth-order valence-electron chi connectivity index (χ4n) is 3.48. The molecule has 0 amide bonds. The zero-order valence-corrected chi connectivity index (χ0v) is 16.1. The summed E-state index contributed by atoms with van der Waals surface area (Å²) in [6.07, 6.45) is 0.601. The first-order chi connectivity index (χ1) is 14.2. The summed E-state index contributed by atoms with van der Waals surface area (Å²) in [4.78, 5) is 26.7. The number of hydrogen-bond donors (Lipinski definition) is 3. The Morgan fingerprint density at radius 3 is 2.50 bits per heavy atom. The van der Waals surface area contributed by atoms with Crippen molar-refractivity contribution < 1.29 is 13.2 Å². The predicted octanol–water partition coefficient (Wildman–Crippen LogP) is 1.36.